The minimum absolute atomic E-state index is 0.233. The predicted molar refractivity (Wildman–Crippen MR) is 128 cm³/mol. The molecule has 2 aromatic carbocycles. The van der Waals surface area contributed by atoms with Gasteiger partial charge in [0.1, 0.15) is 35.3 Å². The molecule has 5 rings (SSSR count). The summed E-state index contributed by atoms with van der Waals surface area (Å²) < 4.78 is 18.0. The summed E-state index contributed by atoms with van der Waals surface area (Å²) in [6.45, 7) is 0.546. The van der Waals surface area contributed by atoms with Crippen LogP contribution in [0.1, 0.15) is 17.3 Å². The number of ether oxygens (including phenoxy) is 1. The average molecular weight is 509 g/mol. The standard InChI is InChI=1S/C24H17BrN2O4S/c25-17-5-3-16-11-18(6-4-15(16)10-17)30-14-21-8-7-19(31-21)12-22-23(28)27(24(32)26-22)13-20-2-1-9-29-20/h1-12H,13-14H2,(H,26,32)/b22-12+. The second-order valence-electron chi connectivity index (χ2n) is 7.20. The molecule has 160 valence electrons. The molecule has 6 nitrogen and oxygen atoms in total. The summed E-state index contributed by atoms with van der Waals surface area (Å²) in [4.78, 5) is 14.1. The molecule has 0 atom stereocenters. The van der Waals surface area contributed by atoms with E-state index in [-0.39, 0.29) is 19.1 Å². The molecule has 1 aliphatic heterocycles. The summed E-state index contributed by atoms with van der Waals surface area (Å²) in [5, 5.41) is 5.49. The van der Waals surface area contributed by atoms with Crippen LogP contribution in [0.15, 0.2) is 85.9 Å². The minimum Gasteiger partial charge on any atom is -0.486 e. The van der Waals surface area contributed by atoms with Gasteiger partial charge >= 0.3 is 0 Å². The Balaban J connectivity index is 1.25. The highest BCUT2D eigenvalue weighted by Crippen LogP contribution is 2.25. The van der Waals surface area contributed by atoms with E-state index in [1.54, 1.807) is 30.5 Å². The number of hydrogen-bond acceptors (Lipinski definition) is 5. The third-order valence-corrected chi connectivity index (χ3v) is 5.80. The first-order valence-electron chi connectivity index (χ1n) is 9.83. The fourth-order valence-electron chi connectivity index (χ4n) is 3.40. The van der Waals surface area contributed by atoms with Crippen LogP contribution in [0.3, 0.4) is 0 Å². The van der Waals surface area contributed by atoms with Gasteiger partial charge in [0, 0.05) is 10.5 Å². The molecule has 0 saturated carbocycles. The fraction of sp³-hybridized carbons (Fsp3) is 0.0833. The third kappa shape index (κ3) is 4.32. The van der Waals surface area contributed by atoms with Crippen LogP contribution in [0, 0.1) is 0 Å². The summed E-state index contributed by atoms with van der Waals surface area (Å²) in [6, 6.07) is 19.2. The maximum Gasteiger partial charge on any atom is 0.277 e. The Morgan fingerprint density at radius 1 is 1.06 bits per heavy atom. The van der Waals surface area contributed by atoms with Crippen LogP contribution in [-0.2, 0) is 17.9 Å². The predicted octanol–water partition coefficient (Wildman–Crippen LogP) is 5.63. The van der Waals surface area contributed by atoms with E-state index in [2.05, 4.69) is 27.3 Å². The lowest BCUT2D eigenvalue weighted by atomic mass is 10.1. The average Bonchev–Trinajstić information content (AvgIpc) is 3.51. The van der Waals surface area contributed by atoms with Crippen LogP contribution in [0.25, 0.3) is 16.8 Å². The number of carbonyl (C=O) groups excluding carboxylic acids is 1. The van der Waals surface area contributed by atoms with E-state index in [0.717, 1.165) is 21.0 Å². The van der Waals surface area contributed by atoms with E-state index in [4.69, 9.17) is 25.8 Å². The summed E-state index contributed by atoms with van der Waals surface area (Å²) in [5.74, 6) is 2.35. The number of nitrogens with one attached hydrogen (secondary N) is 1. The Morgan fingerprint density at radius 2 is 1.91 bits per heavy atom. The van der Waals surface area contributed by atoms with Gasteiger partial charge in [-0.25, -0.2) is 0 Å². The van der Waals surface area contributed by atoms with Crippen LogP contribution in [0.5, 0.6) is 5.75 Å². The van der Waals surface area contributed by atoms with Crippen molar-refractivity contribution in [1.82, 2.24) is 10.2 Å². The number of hydrogen-bond donors (Lipinski definition) is 1. The molecule has 0 spiro atoms. The van der Waals surface area contributed by atoms with Gasteiger partial charge in [0.05, 0.1) is 12.8 Å². The number of nitrogens with zero attached hydrogens (tertiary/aromatic N) is 1. The van der Waals surface area contributed by atoms with E-state index in [0.29, 0.717) is 28.1 Å². The van der Waals surface area contributed by atoms with Gasteiger partial charge in [0.15, 0.2) is 5.11 Å². The van der Waals surface area contributed by atoms with Gasteiger partial charge in [-0.2, -0.15) is 0 Å². The Hall–Kier alpha value is -3.36. The van der Waals surface area contributed by atoms with Crippen molar-refractivity contribution in [3.05, 3.63) is 94.4 Å². The van der Waals surface area contributed by atoms with E-state index in [1.807, 2.05) is 36.4 Å². The van der Waals surface area contributed by atoms with Crippen molar-refractivity contribution < 1.29 is 18.4 Å². The molecular weight excluding hydrogens is 492 g/mol. The Bertz CT molecular complexity index is 1340. The van der Waals surface area contributed by atoms with Crippen LogP contribution >= 0.6 is 28.1 Å². The maximum atomic E-state index is 12.7. The first kappa shape index (κ1) is 20.5. The number of fused-ring (bicyclic) bond motifs is 1. The first-order valence-corrected chi connectivity index (χ1v) is 11.0. The Kier molecular flexibility index (Phi) is 5.55. The van der Waals surface area contributed by atoms with E-state index in [9.17, 15) is 4.79 Å². The number of halogens is 1. The van der Waals surface area contributed by atoms with Crippen LogP contribution in [-0.4, -0.2) is 15.9 Å². The second kappa shape index (κ2) is 8.64. The highest BCUT2D eigenvalue weighted by atomic mass is 79.9. The van der Waals surface area contributed by atoms with Gasteiger partial charge in [-0.15, -0.1) is 0 Å². The maximum absolute atomic E-state index is 12.7. The molecule has 0 aliphatic carbocycles. The van der Waals surface area contributed by atoms with E-state index < -0.39 is 0 Å². The smallest absolute Gasteiger partial charge is 0.277 e. The number of carbonyl (C=O) groups is 1. The lowest BCUT2D eigenvalue weighted by molar-refractivity contribution is -0.122. The van der Waals surface area contributed by atoms with Crippen molar-refractivity contribution in [2.75, 3.05) is 0 Å². The molecule has 2 aromatic heterocycles. The van der Waals surface area contributed by atoms with E-state index >= 15 is 0 Å². The van der Waals surface area contributed by atoms with Gasteiger partial charge in [-0.1, -0.05) is 28.1 Å². The van der Waals surface area contributed by atoms with Crippen molar-refractivity contribution in [2.24, 2.45) is 0 Å². The molecule has 1 saturated heterocycles. The largest absolute Gasteiger partial charge is 0.486 e. The fourth-order valence-corrected chi connectivity index (χ4v) is 4.04. The highest BCUT2D eigenvalue weighted by molar-refractivity contribution is 9.10. The molecule has 3 heterocycles. The summed E-state index contributed by atoms with van der Waals surface area (Å²) >= 11 is 8.76. The molecule has 1 N–H and O–H groups in total. The summed E-state index contributed by atoms with van der Waals surface area (Å²) in [5.41, 5.74) is 0.351. The van der Waals surface area contributed by atoms with Crippen molar-refractivity contribution in [2.45, 2.75) is 13.2 Å². The number of rotatable bonds is 6. The SMILES string of the molecule is O=C1/C(=C\c2ccc(COc3ccc4cc(Br)ccc4c3)o2)NC(=S)N1Cc1ccco1. The lowest BCUT2D eigenvalue weighted by Gasteiger charge is -2.11. The van der Waals surface area contributed by atoms with Crippen molar-refractivity contribution in [3.8, 4) is 5.75 Å². The summed E-state index contributed by atoms with van der Waals surface area (Å²) in [7, 11) is 0. The third-order valence-electron chi connectivity index (χ3n) is 4.98. The summed E-state index contributed by atoms with van der Waals surface area (Å²) in [6.07, 6.45) is 3.20. The van der Waals surface area contributed by atoms with Crippen molar-refractivity contribution >= 4 is 56.0 Å². The highest BCUT2D eigenvalue weighted by Gasteiger charge is 2.31. The molecule has 8 heteroatoms. The molecule has 0 radical (unpaired) electrons. The van der Waals surface area contributed by atoms with Crippen LogP contribution in [0.4, 0.5) is 0 Å². The monoisotopic (exact) mass is 508 g/mol. The second-order valence-corrected chi connectivity index (χ2v) is 8.51. The zero-order valence-electron chi connectivity index (χ0n) is 16.7. The van der Waals surface area contributed by atoms with Gasteiger partial charge < -0.3 is 18.9 Å². The number of amides is 1. The molecule has 32 heavy (non-hydrogen) atoms. The lowest BCUT2D eigenvalue weighted by Crippen LogP contribution is -2.29. The Morgan fingerprint density at radius 3 is 2.75 bits per heavy atom. The molecule has 1 fully saturated rings. The van der Waals surface area contributed by atoms with Crippen LogP contribution in [0.2, 0.25) is 0 Å². The van der Waals surface area contributed by atoms with Gasteiger partial charge in [-0.05, 0) is 71.5 Å². The zero-order valence-corrected chi connectivity index (χ0v) is 19.1. The first-order chi connectivity index (χ1) is 15.5. The van der Waals surface area contributed by atoms with Gasteiger partial charge in [0.25, 0.3) is 5.91 Å². The number of thiocarbonyl (C=S) groups is 1. The molecule has 4 aromatic rings. The van der Waals surface area contributed by atoms with E-state index in [1.165, 1.54) is 4.90 Å². The van der Waals surface area contributed by atoms with Gasteiger partial charge in [0.2, 0.25) is 0 Å². The quantitative estimate of drug-likeness (QED) is 0.269. The minimum atomic E-state index is -0.233. The molecule has 1 amide bonds. The number of furan rings is 2. The molecule has 0 bridgehead atoms. The van der Waals surface area contributed by atoms with Crippen LogP contribution < -0.4 is 10.1 Å². The zero-order chi connectivity index (χ0) is 22.1. The topological polar surface area (TPSA) is 67.8 Å². The Labute approximate surface area is 197 Å². The van der Waals surface area contributed by atoms with Crippen molar-refractivity contribution in [1.29, 1.82) is 0 Å². The molecule has 0 unspecified atom stereocenters. The molecule has 1 aliphatic rings. The molecular formula is C24H17BrN2O4S. The number of benzene rings is 2. The normalized spacial score (nSPS) is 15.0. The van der Waals surface area contributed by atoms with Gasteiger partial charge in [-0.3, -0.25) is 9.69 Å². The van der Waals surface area contributed by atoms with Crippen molar-refractivity contribution in [3.63, 3.8) is 0 Å².